The van der Waals surface area contributed by atoms with Gasteiger partial charge in [0.05, 0.1) is 0 Å². The summed E-state index contributed by atoms with van der Waals surface area (Å²) in [5.41, 5.74) is 0.700. The number of thiophene rings is 1. The summed E-state index contributed by atoms with van der Waals surface area (Å²) in [6, 6.07) is 0.255. The first-order valence-corrected chi connectivity index (χ1v) is 7.35. The van der Waals surface area contributed by atoms with Crippen molar-refractivity contribution in [1.29, 1.82) is 0 Å². The standard InChI is InChI=1S/C13H14N2O4S/c16-10-2-1-8(14-10)12(17)15-5-3-9-7(4-6-20-9)11(15)13(18)19/h4,6,8,11H,1-3,5H2,(H,14,16)(H,18,19)/t8-,11?/m1/s1. The third-order valence-electron chi connectivity index (χ3n) is 3.78. The fourth-order valence-corrected chi connectivity index (χ4v) is 3.72. The molecule has 2 amide bonds. The molecule has 0 aromatic carbocycles. The molecule has 3 heterocycles. The van der Waals surface area contributed by atoms with Gasteiger partial charge in [0.15, 0.2) is 6.04 Å². The number of hydrogen-bond donors (Lipinski definition) is 2. The van der Waals surface area contributed by atoms with E-state index in [4.69, 9.17) is 0 Å². The molecule has 1 fully saturated rings. The van der Waals surface area contributed by atoms with Gasteiger partial charge in [-0.25, -0.2) is 4.79 Å². The van der Waals surface area contributed by atoms with Gasteiger partial charge in [0.2, 0.25) is 11.8 Å². The molecule has 1 saturated heterocycles. The summed E-state index contributed by atoms with van der Waals surface area (Å²) in [4.78, 5) is 37.6. The summed E-state index contributed by atoms with van der Waals surface area (Å²) in [6.07, 6.45) is 1.44. The molecule has 0 radical (unpaired) electrons. The van der Waals surface area contributed by atoms with Crippen LogP contribution < -0.4 is 5.32 Å². The predicted molar refractivity (Wildman–Crippen MR) is 71.3 cm³/mol. The van der Waals surface area contributed by atoms with Gasteiger partial charge in [-0.1, -0.05) is 0 Å². The average Bonchev–Trinajstić information content (AvgIpc) is 3.04. The zero-order chi connectivity index (χ0) is 14.3. The summed E-state index contributed by atoms with van der Waals surface area (Å²) in [7, 11) is 0. The first kappa shape index (κ1) is 13.1. The molecular weight excluding hydrogens is 280 g/mol. The summed E-state index contributed by atoms with van der Waals surface area (Å²) >= 11 is 1.52. The van der Waals surface area contributed by atoms with Crippen molar-refractivity contribution in [2.45, 2.75) is 31.3 Å². The zero-order valence-electron chi connectivity index (χ0n) is 10.7. The van der Waals surface area contributed by atoms with Crippen LogP contribution in [0.4, 0.5) is 0 Å². The summed E-state index contributed by atoms with van der Waals surface area (Å²) in [5.74, 6) is -1.47. The molecule has 106 valence electrons. The van der Waals surface area contributed by atoms with E-state index >= 15 is 0 Å². The van der Waals surface area contributed by atoms with E-state index in [2.05, 4.69) is 5.32 Å². The first-order valence-electron chi connectivity index (χ1n) is 6.47. The highest BCUT2D eigenvalue weighted by molar-refractivity contribution is 7.10. The van der Waals surface area contributed by atoms with Crippen molar-refractivity contribution >= 4 is 29.1 Å². The van der Waals surface area contributed by atoms with Crippen LogP contribution in [0.2, 0.25) is 0 Å². The second kappa shape index (κ2) is 4.90. The average molecular weight is 294 g/mol. The Hall–Kier alpha value is -1.89. The fraction of sp³-hybridized carbons (Fsp3) is 0.462. The molecule has 7 heteroatoms. The Morgan fingerprint density at radius 2 is 2.20 bits per heavy atom. The van der Waals surface area contributed by atoms with Crippen LogP contribution in [0.1, 0.15) is 29.3 Å². The lowest BCUT2D eigenvalue weighted by Crippen LogP contribution is -2.50. The van der Waals surface area contributed by atoms with Gasteiger partial charge < -0.3 is 15.3 Å². The second-order valence-corrected chi connectivity index (χ2v) is 5.98. The molecule has 0 saturated carbocycles. The van der Waals surface area contributed by atoms with E-state index in [0.717, 1.165) is 4.88 Å². The number of carboxylic acids is 1. The maximum Gasteiger partial charge on any atom is 0.331 e. The Balaban J connectivity index is 1.87. The number of carbonyl (C=O) groups is 3. The number of nitrogens with one attached hydrogen (secondary N) is 1. The molecule has 2 aliphatic heterocycles. The molecule has 2 N–H and O–H groups in total. The van der Waals surface area contributed by atoms with Gasteiger partial charge in [-0.05, 0) is 29.9 Å². The number of hydrogen-bond acceptors (Lipinski definition) is 4. The molecule has 6 nitrogen and oxygen atoms in total. The monoisotopic (exact) mass is 294 g/mol. The van der Waals surface area contributed by atoms with E-state index in [1.807, 2.05) is 5.38 Å². The number of amides is 2. The van der Waals surface area contributed by atoms with E-state index in [0.29, 0.717) is 31.4 Å². The van der Waals surface area contributed by atoms with Crippen molar-refractivity contribution in [3.8, 4) is 0 Å². The highest BCUT2D eigenvalue weighted by Crippen LogP contribution is 2.34. The van der Waals surface area contributed by atoms with Crippen LogP contribution in [-0.4, -0.2) is 40.4 Å². The quantitative estimate of drug-likeness (QED) is 0.833. The van der Waals surface area contributed by atoms with Crippen LogP contribution in [0.3, 0.4) is 0 Å². The minimum atomic E-state index is -1.03. The number of carboxylic acid groups (broad SMARTS) is 1. The predicted octanol–water partition coefficient (Wildman–Crippen LogP) is 0.537. The molecule has 20 heavy (non-hydrogen) atoms. The number of aliphatic carboxylic acids is 1. The minimum absolute atomic E-state index is 0.150. The maximum absolute atomic E-state index is 12.4. The van der Waals surface area contributed by atoms with Crippen molar-refractivity contribution in [3.63, 3.8) is 0 Å². The number of carbonyl (C=O) groups excluding carboxylic acids is 2. The summed E-state index contributed by atoms with van der Waals surface area (Å²) in [5, 5.41) is 13.9. The van der Waals surface area contributed by atoms with Crippen LogP contribution >= 0.6 is 11.3 Å². The van der Waals surface area contributed by atoms with Gasteiger partial charge >= 0.3 is 5.97 Å². The van der Waals surface area contributed by atoms with Gasteiger partial charge in [0.1, 0.15) is 6.04 Å². The molecule has 1 aromatic rings. The lowest BCUT2D eigenvalue weighted by molar-refractivity contribution is -0.152. The third kappa shape index (κ3) is 2.07. The van der Waals surface area contributed by atoms with Crippen molar-refractivity contribution in [1.82, 2.24) is 10.2 Å². The van der Waals surface area contributed by atoms with E-state index in [-0.39, 0.29) is 11.8 Å². The van der Waals surface area contributed by atoms with Crippen LogP contribution in [0, 0.1) is 0 Å². The Bertz CT molecular complexity index is 583. The summed E-state index contributed by atoms with van der Waals surface area (Å²) < 4.78 is 0. The molecule has 3 rings (SSSR count). The largest absolute Gasteiger partial charge is 0.479 e. The Morgan fingerprint density at radius 1 is 1.40 bits per heavy atom. The smallest absolute Gasteiger partial charge is 0.331 e. The maximum atomic E-state index is 12.4. The van der Waals surface area contributed by atoms with E-state index in [9.17, 15) is 19.5 Å². The van der Waals surface area contributed by atoms with Gasteiger partial charge in [-0.3, -0.25) is 9.59 Å². The van der Waals surface area contributed by atoms with Crippen LogP contribution in [0.25, 0.3) is 0 Å². The van der Waals surface area contributed by atoms with Crippen LogP contribution in [0.5, 0.6) is 0 Å². The molecule has 2 atom stereocenters. The van der Waals surface area contributed by atoms with Gasteiger partial charge in [-0.15, -0.1) is 11.3 Å². The minimum Gasteiger partial charge on any atom is -0.479 e. The molecular formula is C13H14N2O4S. The normalized spacial score (nSPS) is 25.2. The van der Waals surface area contributed by atoms with E-state index in [1.54, 1.807) is 6.07 Å². The number of fused-ring (bicyclic) bond motifs is 1. The van der Waals surface area contributed by atoms with Crippen LogP contribution in [0.15, 0.2) is 11.4 Å². The van der Waals surface area contributed by atoms with E-state index in [1.165, 1.54) is 16.2 Å². The van der Waals surface area contributed by atoms with E-state index < -0.39 is 18.1 Å². The molecule has 1 unspecified atom stereocenters. The SMILES string of the molecule is O=C1CC[C@H](C(=O)N2CCc3sccc3C2C(=O)O)N1. The lowest BCUT2D eigenvalue weighted by Gasteiger charge is -2.34. The molecule has 1 aromatic heterocycles. The molecule has 0 spiro atoms. The van der Waals surface area contributed by atoms with Crippen molar-refractivity contribution in [2.24, 2.45) is 0 Å². The number of nitrogens with zero attached hydrogens (tertiary/aromatic N) is 1. The first-order chi connectivity index (χ1) is 9.58. The Morgan fingerprint density at radius 3 is 2.85 bits per heavy atom. The molecule has 2 aliphatic rings. The van der Waals surface area contributed by atoms with Crippen LogP contribution in [-0.2, 0) is 20.8 Å². The topological polar surface area (TPSA) is 86.7 Å². The number of rotatable bonds is 2. The van der Waals surface area contributed by atoms with Gasteiger partial charge in [0, 0.05) is 17.8 Å². The van der Waals surface area contributed by atoms with Crippen molar-refractivity contribution in [3.05, 3.63) is 21.9 Å². The van der Waals surface area contributed by atoms with Gasteiger partial charge in [0.25, 0.3) is 0 Å². The van der Waals surface area contributed by atoms with Crippen molar-refractivity contribution < 1.29 is 19.5 Å². The highest BCUT2D eigenvalue weighted by atomic mass is 32.1. The lowest BCUT2D eigenvalue weighted by atomic mass is 9.99. The zero-order valence-corrected chi connectivity index (χ0v) is 11.5. The fourth-order valence-electron chi connectivity index (χ4n) is 2.82. The Kier molecular flexibility index (Phi) is 3.21. The summed E-state index contributed by atoms with van der Waals surface area (Å²) in [6.45, 7) is 0.385. The van der Waals surface area contributed by atoms with Gasteiger partial charge in [-0.2, -0.15) is 0 Å². The van der Waals surface area contributed by atoms with Crippen molar-refractivity contribution in [2.75, 3.05) is 6.54 Å². The third-order valence-corrected chi connectivity index (χ3v) is 4.77. The molecule has 0 aliphatic carbocycles. The second-order valence-electron chi connectivity index (χ2n) is 4.98. The highest BCUT2D eigenvalue weighted by Gasteiger charge is 2.40. The molecule has 0 bridgehead atoms. The Labute approximate surface area is 119 Å².